The van der Waals surface area contributed by atoms with Crippen molar-refractivity contribution in [3.8, 4) is 0 Å². The lowest BCUT2D eigenvalue weighted by Gasteiger charge is -2.17. The monoisotopic (exact) mass is 260 g/mol. The summed E-state index contributed by atoms with van der Waals surface area (Å²) in [5.41, 5.74) is 1.27. The van der Waals surface area contributed by atoms with Crippen LogP contribution in [0.2, 0.25) is 0 Å². The second-order valence-electron chi connectivity index (χ2n) is 4.14. The van der Waals surface area contributed by atoms with Crippen molar-refractivity contribution < 1.29 is 14.3 Å². The SMILES string of the molecule is CC(Nc1ccc(F)cc1C(=O)O)c1ccncc1. The summed E-state index contributed by atoms with van der Waals surface area (Å²) in [6.45, 7) is 1.89. The topological polar surface area (TPSA) is 62.2 Å². The Bertz CT molecular complexity index is 587. The number of halogens is 1. The summed E-state index contributed by atoms with van der Waals surface area (Å²) in [6, 6.07) is 7.23. The molecular weight excluding hydrogens is 247 g/mol. The Labute approximate surface area is 109 Å². The van der Waals surface area contributed by atoms with Gasteiger partial charge in [-0.15, -0.1) is 0 Å². The normalized spacial score (nSPS) is 11.9. The minimum atomic E-state index is -1.16. The Morgan fingerprint density at radius 3 is 2.63 bits per heavy atom. The predicted octanol–water partition coefficient (Wildman–Crippen LogP) is 3.09. The maximum atomic E-state index is 13.1. The molecule has 1 aromatic heterocycles. The molecule has 0 aliphatic rings. The molecule has 1 heterocycles. The van der Waals surface area contributed by atoms with Crippen LogP contribution in [0.1, 0.15) is 28.9 Å². The molecular formula is C14H13FN2O2. The molecule has 0 saturated carbocycles. The molecule has 5 heteroatoms. The first-order valence-electron chi connectivity index (χ1n) is 5.77. The van der Waals surface area contributed by atoms with Crippen LogP contribution in [-0.4, -0.2) is 16.1 Å². The van der Waals surface area contributed by atoms with Gasteiger partial charge in [-0.2, -0.15) is 0 Å². The molecule has 1 aromatic carbocycles. The van der Waals surface area contributed by atoms with E-state index in [2.05, 4.69) is 10.3 Å². The fourth-order valence-electron chi connectivity index (χ4n) is 1.79. The molecule has 0 fully saturated rings. The average Bonchev–Trinajstić information content (AvgIpc) is 2.41. The molecule has 19 heavy (non-hydrogen) atoms. The molecule has 0 spiro atoms. The van der Waals surface area contributed by atoms with Crippen molar-refractivity contribution in [2.45, 2.75) is 13.0 Å². The number of benzene rings is 1. The number of nitrogens with zero attached hydrogens (tertiary/aromatic N) is 1. The highest BCUT2D eigenvalue weighted by atomic mass is 19.1. The molecule has 4 nitrogen and oxygen atoms in total. The summed E-state index contributed by atoms with van der Waals surface area (Å²) in [4.78, 5) is 15.0. The van der Waals surface area contributed by atoms with Crippen molar-refractivity contribution in [2.75, 3.05) is 5.32 Å². The van der Waals surface area contributed by atoms with Gasteiger partial charge in [0.25, 0.3) is 0 Å². The molecule has 2 rings (SSSR count). The Hall–Kier alpha value is -2.43. The van der Waals surface area contributed by atoms with Crippen molar-refractivity contribution >= 4 is 11.7 Å². The van der Waals surface area contributed by atoms with E-state index in [1.54, 1.807) is 12.4 Å². The number of carbonyl (C=O) groups is 1. The zero-order chi connectivity index (χ0) is 13.8. The number of carboxylic acids is 1. The Morgan fingerprint density at radius 2 is 2.00 bits per heavy atom. The minimum Gasteiger partial charge on any atom is -0.478 e. The number of aromatic carboxylic acids is 1. The van der Waals surface area contributed by atoms with Gasteiger partial charge in [0.1, 0.15) is 5.82 Å². The van der Waals surface area contributed by atoms with Gasteiger partial charge in [0.15, 0.2) is 0 Å². The summed E-state index contributed by atoms with van der Waals surface area (Å²) >= 11 is 0. The summed E-state index contributed by atoms with van der Waals surface area (Å²) in [5.74, 6) is -1.73. The first-order chi connectivity index (χ1) is 9.08. The van der Waals surface area contributed by atoms with Crippen molar-refractivity contribution in [1.29, 1.82) is 0 Å². The first kappa shape index (κ1) is 13.0. The number of carboxylic acid groups (broad SMARTS) is 1. The third-order valence-electron chi connectivity index (χ3n) is 2.79. The van der Waals surface area contributed by atoms with Gasteiger partial charge < -0.3 is 10.4 Å². The number of pyridine rings is 1. The Morgan fingerprint density at radius 1 is 1.32 bits per heavy atom. The van der Waals surface area contributed by atoms with Crippen LogP contribution in [0.3, 0.4) is 0 Å². The average molecular weight is 260 g/mol. The van der Waals surface area contributed by atoms with E-state index in [9.17, 15) is 9.18 Å². The standard InChI is InChI=1S/C14H13FN2O2/c1-9(10-4-6-16-7-5-10)17-13-3-2-11(15)8-12(13)14(18)19/h2-9,17H,1H3,(H,18,19). The van der Waals surface area contributed by atoms with E-state index in [1.165, 1.54) is 12.1 Å². The van der Waals surface area contributed by atoms with Gasteiger partial charge in [-0.25, -0.2) is 9.18 Å². The molecule has 0 bridgehead atoms. The van der Waals surface area contributed by atoms with Crippen LogP contribution in [0.25, 0.3) is 0 Å². The summed E-state index contributed by atoms with van der Waals surface area (Å²) < 4.78 is 13.1. The minimum absolute atomic E-state index is 0.0825. The van der Waals surface area contributed by atoms with E-state index in [-0.39, 0.29) is 11.6 Å². The number of rotatable bonds is 4. The van der Waals surface area contributed by atoms with Gasteiger partial charge in [0.05, 0.1) is 5.56 Å². The zero-order valence-electron chi connectivity index (χ0n) is 10.3. The summed E-state index contributed by atoms with van der Waals surface area (Å²) in [7, 11) is 0. The fourth-order valence-corrected chi connectivity index (χ4v) is 1.79. The molecule has 1 unspecified atom stereocenters. The molecule has 2 N–H and O–H groups in total. The lowest BCUT2D eigenvalue weighted by Crippen LogP contribution is -2.11. The van der Waals surface area contributed by atoms with Crippen LogP contribution in [0.5, 0.6) is 0 Å². The van der Waals surface area contributed by atoms with E-state index in [0.29, 0.717) is 5.69 Å². The number of nitrogens with one attached hydrogen (secondary N) is 1. The third-order valence-corrected chi connectivity index (χ3v) is 2.79. The molecule has 0 amide bonds. The maximum Gasteiger partial charge on any atom is 0.337 e. The number of aromatic nitrogens is 1. The van der Waals surface area contributed by atoms with Gasteiger partial charge in [-0.05, 0) is 42.8 Å². The Balaban J connectivity index is 2.26. The lowest BCUT2D eigenvalue weighted by atomic mass is 10.1. The van der Waals surface area contributed by atoms with E-state index in [4.69, 9.17) is 5.11 Å². The second kappa shape index (κ2) is 5.48. The molecule has 0 radical (unpaired) electrons. The van der Waals surface area contributed by atoms with Crippen LogP contribution in [0.15, 0.2) is 42.7 Å². The smallest absolute Gasteiger partial charge is 0.337 e. The number of hydrogen-bond acceptors (Lipinski definition) is 3. The molecule has 0 aliphatic heterocycles. The van der Waals surface area contributed by atoms with Gasteiger partial charge in [-0.3, -0.25) is 4.98 Å². The van der Waals surface area contributed by atoms with Crippen LogP contribution in [0, 0.1) is 5.82 Å². The van der Waals surface area contributed by atoms with E-state index in [0.717, 1.165) is 11.6 Å². The molecule has 0 aliphatic carbocycles. The van der Waals surface area contributed by atoms with E-state index < -0.39 is 11.8 Å². The Kier molecular flexibility index (Phi) is 3.75. The van der Waals surface area contributed by atoms with Crippen LogP contribution < -0.4 is 5.32 Å². The molecule has 98 valence electrons. The molecule has 1 atom stereocenters. The van der Waals surface area contributed by atoms with Gasteiger partial charge in [-0.1, -0.05) is 0 Å². The van der Waals surface area contributed by atoms with Crippen LogP contribution in [-0.2, 0) is 0 Å². The van der Waals surface area contributed by atoms with Crippen LogP contribution >= 0.6 is 0 Å². The number of anilines is 1. The van der Waals surface area contributed by atoms with Crippen molar-refractivity contribution in [3.05, 3.63) is 59.7 Å². The van der Waals surface area contributed by atoms with Gasteiger partial charge >= 0.3 is 5.97 Å². The van der Waals surface area contributed by atoms with Crippen molar-refractivity contribution in [1.82, 2.24) is 4.98 Å². The van der Waals surface area contributed by atoms with Crippen LogP contribution in [0.4, 0.5) is 10.1 Å². The highest BCUT2D eigenvalue weighted by Gasteiger charge is 2.13. The summed E-state index contributed by atoms with van der Waals surface area (Å²) in [6.07, 6.45) is 3.33. The van der Waals surface area contributed by atoms with E-state index >= 15 is 0 Å². The second-order valence-corrected chi connectivity index (χ2v) is 4.14. The largest absolute Gasteiger partial charge is 0.478 e. The van der Waals surface area contributed by atoms with Crippen molar-refractivity contribution in [3.63, 3.8) is 0 Å². The quantitative estimate of drug-likeness (QED) is 0.886. The zero-order valence-corrected chi connectivity index (χ0v) is 10.3. The van der Waals surface area contributed by atoms with E-state index in [1.807, 2.05) is 19.1 Å². The molecule has 2 aromatic rings. The predicted molar refractivity (Wildman–Crippen MR) is 69.6 cm³/mol. The highest BCUT2D eigenvalue weighted by molar-refractivity contribution is 5.94. The third kappa shape index (κ3) is 3.07. The maximum absolute atomic E-state index is 13.1. The van der Waals surface area contributed by atoms with Gasteiger partial charge in [0, 0.05) is 24.1 Å². The highest BCUT2D eigenvalue weighted by Crippen LogP contribution is 2.23. The number of hydrogen-bond donors (Lipinski definition) is 2. The van der Waals surface area contributed by atoms with Gasteiger partial charge in [0.2, 0.25) is 0 Å². The summed E-state index contributed by atoms with van der Waals surface area (Å²) in [5, 5.41) is 12.1. The fraction of sp³-hybridized carbons (Fsp3) is 0.143. The molecule has 0 saturated heterocycles. The lowest BCUT2D eigenvalue weighted by molar-refractivity contribution is 0.0697. The first-order valence-corrected chi connectivity index (χ1v) is 5.77. The van der Waals surface area contributed by atoms with Crippen molar-refractivity contribution in [2.24, 2.45) is 0 Å².